The number of nitrogens with zero attached hydrogens (tertiary/aromatic N) is 4. The van der Waals surface area contributed by atoms with E-state index in [2.05, 4.69) is 15.1 Å². The molecule has 0 aliphatic carbocycles. The maximum Gasteiger partial charge on any atom is 0.249 e. The fraction of sp³-hybridized carbons (Fsp3) is 0.235. The molecule has 0 saturated carbocycles. The van der Waals surface area contributed by atoms with Gasteiger partial charge in [0.15, 0.2) is 5.15 Å². The molecule has 0 aliphatic rings. The topological polar surface area (TPSA) is 78.9 Å². The number of ether oxygens (including phenoxy) is 1. The largest absolute Gasteiger partial charge is 0.418 e. The summed E-state index contributed by atoms with van der Waals surface area (Å²) in [5.41, 5.74) is 8.64. The van der Waals surface area contributed by atoms with Gasteiger partial charge in [-0.05, 0) is 32.0 Å². The van der Waals surface area contributed by atoms with Crippen LogP contribution in [0.1, 0.15) is 24.0 Å². The predicted molar refractivity (Wildman–Crippen MR) is 99.0 cm³/mol. The molecule has 0 spiro atoms. The smallest absolute Gasteiger partial charge is 0.249 e. The number of aryl methyl sites for hydroxylation is 2. The van der Waals surface area contributed by atoms with E-state index in [9.17, 15) is 0 Å². The molecule has 0 atom stereocenters. The van der Waals surface area contributed by atoms with Crippen LogP contribution >= 0.6 is 23.2 Å². The second-order valence-corrected chi connectivity index (χ2v) is 6.31. The van der Waals surface area contributed by atoms with Crippen LogP contribution < -0.4 is 10.5 Å². The minimum atomic E-state index is 0.171. The lowest BCUT2D eigenvalue weighted by Gasteiger charge is -2.12. The predicted octanol–water partition coefficient (Wildman–Crippen LogP) is 4.52. The molecule has 2 aromatic heterocycles. The summed E-state index contributed by atoms with van der Waals surface area (Å²) in [5, 5.41) is 5.30. The standard InChI is InChI=1S/C17H17Cl2N5O/c1-4-13-21-15(19)14(20)16(22-13)25-17-9(2)10(3)23-24(17)12-7-5-6-11(18)8-12/h5-8H,4,20H2,1-3H3. The Morgan fingerprint density at radius 3 is 2.64 bits per heavy atom. The molecule has 0 bridgehead atoms. The molecule has 2 N–H and O–H groups in total. The van der Waals surface area contributed by atoms with Crippen molar-refractivity contribution in [3.8, 4) is 17.4 Å². The summed E-state index contributed by atoms with van der Waals surface area (Å²) in [7, 11) is 0. The minimum absolute atomic E-state index is 0.171. The molecule has 0 fully saturated rings. The van der Waals surface area contributed by atoms with Crippen LogP contribution in [0.15, 0.2) is 24.3 Å². The van der Waals surface area contributed by atoms with Gasteiger partial charge in [-0.3, -0.25) is 0 Å². The van der Waals surface area contributed by atoms with Gasteiger partial charge in [0, 0.05) is 17.0 Å². The molecule has 0 saturated heterocycles. The van der Waals surface area contributed by atoms with E-state index in [1.54, 1.807) is 16.8 Å². The van der Waals surface area contributed by atoms with Gasteiger partial charge in [0.1, 0.15) is 11.5 Å². The number of nitrogens with two attached hydrogens (primary N) is 1. The average Bonchev–Trinajstić information content (AvgIpc) is 2.87. The van der Waals surface area contributed by atoms with Gasteiger partial charge in [-0.2, -0.15) is 10.1 Å². The highest BCUT2D eigenvalue weighted by Crippen LogP contribution is 2.34. The van der Waals surface area contributed by atoms with Crippen LogP contribution in [0.4, 0.5) is 5.69 Å². The first-order valence-corrected chi connectivity index (χ1v) is 8.48. The highest BCUT2D eigenvalue weighted by atomic mass is 35.5. The molecule has 2 heterocycles. The van der Waals surface area contributed by atoms with Crippen molar-refractivity contribution in [1.82, 2.24) is 19.7 Å². The fourth-order valence-corrected chi connectivity index (χ4v) is 2.64. The van der Waals surface area contributed by atoms with Crippen molar-refractivity contribution < 1.29 is 4.74 Å². The van der Waals surface area contributed by atoms with Gasteiger partial charge in [0.2, 0.25) is 11.8 Å². The first-order chi connectivity index (χ1) is 11.9. The summed E-state index contributed by atoms with van der Waals surface area (Å²) in [6.45, 7) is 5.74. The van der Waals surface area contributed by atoms with Crippen molar-refractivity contribution in [1.29, 1.82) is 0 Å². The van der Waals surface area contributed by atoms with Gasteiger partial charge in [0.25, 0.3) is 0 Å². The maximum atomic E-state index is 6.10. The zero-order valence-corrected chi connectivity index (χ0v) is 15.6. The summed E-state index contributed by atoms with van der Waals surface area (Å²) >= 11 is 12.2. The van der Waals surface area contributed by atoms with Crippen molar-refractivity contribution in [3.05, 3.63) is 51.5 Å². The van der Waals surface area contributed by atoms with Gasteiger partial charge >= 0.3 is 0 Å². The number of hydrogen-bond donors (Lipinski definition) is 1. The van der Waals surface area contributed by atoms with Crippen molar-refractivity contribution in [2.75, 3.05) is 5.73 Å². The first-order valence-electron chi connectivity index (χ1n) is 7.72. The Morgan fingerprint density at radius 2 is 1.96 bits per heavy atom. The van der Waals surface area contributed by atoms with E-state index in [0.717, 1.165) is 16.9 Å². The van der Waals surface area contributed by atoms with E-state index in [0.29, 0.717) is 23.1 Å². The molecule has 0 radical (unpaired) electrons. The molecule has 3 rings (SSSR count). The van der Waals surface area contributed by atoms with Crippen molar-refractivity contribution in [2.24, 2.45) is 0 Å². The van der Waals surface area contributed by atoms with E-state index in [1.807, 2.05) is 32.9 Å². The van der Waals surface area contributed by atoms with Crippen molar-refractivity contribution in [2.45, 2.75) is 27.2 Å². The third-order valence-electron chi connectivity index (χ3n) is 3.78. The highest BCUT2D eigenvalue weighted by molar-refractivity contribution is 6.32. The zero-order chi connectivity index (χ0) is 18.1. The van der Waals surface area contributed by atoms with Gasteiger partial charge < -0.3 is 10.5 Å². The number of rotatable bonds is 4. The van der Waals surface area contributed by atoms with Crippen LogP contribution in [0.5, 0.6) is 11.8 Å². The van der Waals surface area contributed by atoms with E-state index >= 15 is 0 Å². The summed E-state index contributed by atoms with van der Waals surface area (Å²) < 4.78 is 7.67. The summed E-state index contributed by atoms with van der Waals surface area (Å²) in [5.74, 6) is 1.27. The lowest BCUT2D eigenvalue weighted by Crippen LogP contribution is -2.05. The number of anilines is 1. The Bertz CT molecular complexity index is 939. The molecule has 0 aliphatic heterocycles. The lowest BCUT2D eigenvalue weighted by atomic mass is 10.3. The number of aromatic nitrogens is 4. The molecule has 130 valence electrons. The van der Waals surface area contributed by atoms with Crippen LogP contribution in [0.25, 0.3) is 5.69 Å². The summed E-state index contributed by atoms with van der Waals surface area (Å²) in [4.78, 5) is 8.46. The monoisotopic (exact) mass is 377 g/mol. The third kappa shape index (κ3) is 3.41. The molecule has 0 amide bonds. The molecular weight excluding hydrogens is 361 g/mol. The molecule has 6 nitrogen and oxygen atoms in total. The minimum Gasteiger partial charge on any atom is -0.418 e. The van der Waals surface area contributed by atoms with E-state index in [-0.39, 0.29) is 16.7 Å². The average molecular weight is 378 g/mol. The Balaban J connectivity index is 2.11. The maximum absolute atomic E-state index is 6.10. The van der Waals surface area contributed by atoms with Crippen molar-refractivity contribution >= 4 is 28.9 Å². The molecule has 8 heteroatoms. The Morgan fingerprint density at radius 1 is 1.20 bits per heavy atom. The lowest BCUT2D eigenvalue weighted by molar-refractivity contribution is 0.424. The zero-order valence-electron chi connectivity index (χ0n) is 14.0. The number of hydrogen-bond acceptors (Lipinski definition) is 5. The van der Waals surface area contributed by atoms with Crippen LogP contribution in [0.2, 0.25) is 10.2 Å². The van der Waals surface area contributed by atoms with Gasteiger partial charge in [-0.1, -0.05) is 36.2 Å². The second kappa shape index (κ2) is 6.90. The number of benzene rings is 1. The van der Waals surface area contributed by atoms with E-state index in [4.69, 9.17) is 33.7 Å². The molecule has 25 heavy (non-hydrogen) atoms. The molecular formula is C17H17Cl2N5O. The van der Waals surface area contributed by atoms with Gasteiger partial charge in [-0.15, -0.1) is 0 Å². The third-order valence-corrected chi connectivity index (χ3v) is 4.30. The number of halogens is 2. The highest BCUT2D eigenvalue weighted by Gasteiger charge is 2.19. The fourth-order valence-electron chi connectivity index (χ4n) is 2.28. The summed E-state index contributed by atoms with van der Waals surface area (Å²) in [6, 6.07) is 7.33. The van der Waals surface area contributed by atoms with Crippen LogP contribution in [0.3, 0.4) is 0 Å². The molecule has 3 aromatic rings. The SMILES string of the molecule is CCc1nc(Cl)c(N)c(Oc2c(C)c(C)nn2-c2cccc(Cl)c2)n1. The Kier molecular flexibility index (Phi) is 4.83. The summed E-state index contributed by atoms with van der Waals surface area (Å²) in [6.07, 6.45) is 0.613. The van der Waals surface area contributed by atoms with Gasteiger partial charge in [0.05, 0.1) is 11.4 Å². The Hall–Kier alpha value is -2.31. The number of nitrogen functional groups attached to an aromatic ring is 1. The quantitative estimate of drug-likeness (QED) is 0.675. The molecule has 1 aromatic carbocycles. The molecule has 0 unspecified atom stereocenters. The second-order valence-electron chi connectivity index (χ2n) is 5.51. The van der Waals surface area contributed by atoms with E-state index in [1.165, 1.54) is 0 Å². The Labute approximate surface area is 155 Å². The first kappa shape index (κ1) is 17.5. The van der Waals surface area contributed by atoms with Crippen LogP contribution in [-0.2, 0) is 6.42 Å². The van der Waals surface area contributed by atoms with Crippen LogP contribution in [0, 0.1) is 13.8 Å². The van der Waals surface area contributed by atoms with Crippen LogP contribution in [-0.4, -0.2) is 19.7 Å². The normalized spacial score (nSPS) is 10.9. The van der Waals surface area contributed by atoms with Crippen molar-refractivity contribution in [3.63, 3.8) is 0 Å². The van der Waals surface area contributed by atoms with Gasteiger partial charge in [-0.25, -0.2) is 9.67 Å². The van der Waals surface area contributed by atoms with E-state index < -0.39 is 0 Å².